The summed E-state index contributed by atoms with van der Waals surface area (Å²) >= 11 is 0. The van der Waals surface area contributed by atoms with E-state index in [1.807, 2.05) is 0 Å². The summed E-state index contributed by atoms with van der Waals surface area (Å²) in [5.41, 5.74) is -0.729. The summed E-state index contributed by atoms with van der Waals surface area (Å²) in [5.74, 6) is -5.10. The van der Waals surface area contributed by atoms with Gasteiger partial charge in [0.15, 0.2) is 34.8 Å². The maximum atomic E-state index is 15.0. The van der Waals surface area contributed by atoms with Crippen LogP contribution in [0.4, 0.5) is 22.0 Å². The van der Waals surface area contributed by atoms with Gasteiger partial charge in [-0.25, -0.2) is 22.0 Å². The minimum Gasteiger partial charge on any atom is -0.491 e. The molecule has 1 aliphatic heterocycles. The van der Waals surface area contributed by atoms with Crippen LogP contribution < -0.4 is 4.74 Å². The van der Waals surface area contributed by atoms with Crippen molar-refractivity contribution in [2.45, 2.75) is 52.1 Å². The molecule has 1 heterocycles. The van der Waals surface area contributed by atoms with Crippen LogP contribution >= 0.6 is 0 Å². The van der Waals surface area contributed by atoms with Gasteiger partial charge in [0.1, 0.15) is 0 Å². The number of hydrogen-bond donors (Lipinski definition) is 0. The first-order valence-corrected chi connectivity index (χ1v) is 12.3. The Hall–Kier alpha value is -2.93. The highest BCUT2D eigenvalue weighted by atomic mass is 19.2. The molecule has 0 radical (unpaired) electrons. The monoisotopic (exact) mass is 504 g/mol. The van der Waals surface area contributed by atoms with E-state index in [2.05, 4.69) is 6.92 Å². The van der Waals surface area contributed by atoms with E-state index in [9.17, 15) is 22.0 Å². The first kappa shape index (κ1) is 26.1. The molecule has 7 heteroatoms. The van der Waals surface area contributed by atoms with Gasteiger partial charge in [-0.1, -0.05) is 43.7 Å². The summed E-state index contributed by atoms with van der Waals surface area (Å²) in [6, 6.07) is 8.82. The van der Waals surface area contributed by atoms with Crippen LogP contribution in [0.25, 0.3) is 22.3 Å². The number of ether oxygens (including phenoxy) is 2. The highest BCUT2D eigenvalue weighted by molar-refractivity contribution is 5.72. The third kappa shape index (κ3) is 5.41. The molecule has 0 amide bonds. The third-order valence-corrected chi connectivity index (χ3v) is 6.86. The van der Waals surface area contributed by atoms with Gasteiger partial charge in [0.2, 0.25) is 0 Å². The Kier molecular flexibility index (Phi) is 8.29. The van der Waals surface area contributed by atoms with Crippen LogP contribution in [0.2, 0.25) is 0 Å². The number of aryl methyl sites for hydroxylation is 1. The SMILES string of the molecule is CCOc1ccc(-c2ccc(-c3ccc(CCC4CCC(CC)CO4)c(F)c3F)c(F)c2F)cc1F. The van der Waals surface area contributed by atoms with Gasteiger partial charge >= 0.3 is 0 Å². The van der Waals surface area contributed by atoms with E-state index < -0.39 is 34.6 Å². The van der Waals surface area contributed by atoms with Crippen LogP contribution in [0, 0.1) is 35.0 Å². The Balaban J connectivity index is 1.55. The molecule has 0 bridgehead atoms. The summed E-state index contributed by atoms with van der Waals surface area (Å²) in [4.78, 5) is 0. The standard InChI is InChI=1S/C29H29F5O2/c1-3-17-5-9-20(36-16-17)10-6-18-7-11-22(28(33)26(18)31)23-13-12-21(27(32)29(23)34)19-8-14-25(35-4-2)24(30)15-19/h7-8,11-15,17,20H,3-6,9-10,16H2,1-2H3. The summed E-state index contributed by atoms with van der Waals surface area (Å²) in [7, 11) is 0. The average Bonchev–Trinajstić information content (AvgIpc) is 2.88. The Morgan fingerprint density at radius 3 is 2.11 bits per heavy atom. The first-order chi connectivity index (χ1) is 17.3. The fourth-order valence-corrected chi connectivity index (χ4v) is 4.64. The summed E-state index contributed by atoms with van der Waals surface area (Å²) in [6.07, 6.45) is 3.84. The fourth-order valence-electron chi connectivity index (χ4n) is 4.64. The van der Waals surface area contributed by atoms with Crippen molar-refractivity contribution in [3.05, 3.63) is 77.1 Å². The van der Waals surface area contributed by atoms with Crippen molar-refractivity contribution in [2.24, 2.45) is 5.92 Å². The number of hydrogen-bond acceptors (Lipinski definition) is 2. The zero-order valence-corrected chi connectivity index (χ0v) is 20.4. The van der Waals surface area contributed by atoms with Crippen molar-refractivity contribution < 1.29 is 31.4 Å². The number of halogens is 5. The van der Waals surface area contributed by atoms with Gasteiger partial charge in [-0.15, -0.1) is 0 Å². The predicted octanol–water partition coefficient (Wildman–Crippen LogP) is 8.25. The van der Waals surface area contributed by atoms with Gasteiger partial charge in [-0.2, -0.15) is 0 Å². The van der Waals surface area contributed by atoms with Crippen LogP contribution in [0.15, 0.2) is 42.5 Å². The largest absolute Gasteiger partial charge is 0.491 e. The second-order valence-electron chi connectivity index (χ2n) is 9.11. The maximum Gasteiger partial charge on any atom is 0.167 e. The van der Waals surface area contributed by atoms with Gasteiger partial charge in [-0.05, 0) is 61.8 Å². The van der Waals surface area contributed by atoms with Crippen LogP contribution in [0.3, 0.4) is 0 Å². The van der Waals surface area contributed by atoms with Gasteiger partial charge in [0.25, 0.3) is 0 Å². The van der Waals surface area contributed by atoms with E-state index >= 15 is 0 Å². The average molecular weight is 505 g/mol. The van der Waals surface area contributed by atoms with Crippen molar-refractivity contribution in [3.63, 3.8) is 0 Å². The molecule has 2 nitrogen and oxygen atoms in total. The highest BCUT2D eigenvalue weighted by Gasteiger charge is 2.24. The Bertz CT molecular complexity index is 1220. The van der Waals surface area contributed by atoms with Crippen LogP contribution in [-0.4, -0.2) is 19.3 Å². The van der Waals surface area contributed by atoms with Crippen LogP contribution in [-0.2, 0) is 11.2 Å². The van der Waals surface area contributed by atoms with E-state index in [4.69, 9.17) is 9.47 Å². The lowest BCUT2D eigenvalue weighted by molar-refractivity contribution is -0.0203. The normalized spacial score (nSPS) is 17.9. The highest BCUT2D eigenvalue weighted by Crippen LogP contribution is 2.35. The summed E-state index contributed by atoms with van der Waals surface area (Å²) in [6.45, 7) is 4.75. The molecule has 0 aliphatic carbocycles. The molecule has 1 aliphatic rings. The van der Waals surface area contributed by atoms with E-state index in [-0.39, 0.29) is 47.1 Å². The molecule has 0 spiro atoms. The van der Waals surface area contributed by atoms with Crippen LogP contribution in [0.1, 0.15) is 45.1 Å². The van der Waals surface area contributed by atoms with Gasteiger partial charge < -0.3 is 9.47 Å². The van der Waals surface area contributed by atoms with Gasteiger partial charge in [0, 0.05) is 23.3 Å². The molecule has 0 saturated carbocycles. The van der Waals surface area contributed by atoms with E-state index in [1.54, 1.807) is 6.92 Å². The molecule has 3 aromatic rings. The Morgan fingerprint density at radius 1 is 0.806 bits per heavy atom. The molecule has 3 aromatic carbocycles. The number of benzene rings is 3. The van der Waals surface area contributed by atoms with Gasteiger partial charge in [-0.3, -0.25) is 0 Å². The van der Waals surface area contributed by atoms with Gasteiger partial charge in [0.05, 0.1) is 12.7 Å². The lowest BCUT2D eigenvalue weighted by atomic mass is 9.93. The molecule has 36 heavy (non-hydrogen) atoms. The fraction of sp³-hybridized carbons (Fsp3) is 0.379. The summed E-state index contributed by atoms with van der Waals surface area (Å²) in [5, 5.41) is 0. The van der Waals surface area contributed by atoms with Crippen molar-refractivity contribution in [1.82, 2.24) is 0 Å². The van der Waals surface area contributed by atoms with E-state index in [0.717, 1.165) is 25.3 Å². The second-order valence-corrected chi connectivity index (χ2v) is 9.11. The molecular weight excluding hydrogens is 475 g/mol. The van der Waals surface area contributed by atoms with Crippen molar-refractivity contribution in [3.8, 4) is 28.0 Å². The zero-order valence-electron chi connectivity index (χ0n) is 20.4. The first-order valence-electron chi connectivity index (χ1n) is 12.3. The smallest absolute Gasteiger partial charge is 0.167 e. The molecule has 4 rings (SSSR count). The second kappa shape index (κ2) is 11.4. The van der Waals surface area contributed by atoms with E-state index in [0.29, 0.717) is 18.9 Å². The molecule has 2 unspecified atom stereocenters. The number of rotatable bonds is 8. The predicted molar refractivity (Wildman–Crippen MR) is 129 cm³/mol. The van der Waals surface area contributed by atoms with Crippen molar-refractivity contribution in [2.75, 3.05) is 13.2 Å². The molecule has 0 aromatic heterocycles. The lowest BCUT2D eigenvalue weighted by Gasteiger charge is -2.28. The van der Waals surface area contributed by atoms with Crippen molar-refractivity contribution >= 4 is 0 Å². The Labute approximate surface area is 208 Å². The molecule has 0 N–H and O–H groups in total. The quantitative estimate of drug-likeness (QED) is 0.288. The molecular formula is C29H29F5O2. The third-order valence-electron chi connectivity index (χ3n) is 6.86. The topological polar surface area (TPSA) is 18.5 Å². The lowest BCUT2D eigenvalue weighted by Crippen LogP contribution is -2.26. The molecule has 1 saturated heterocycles. The van der Waals surface area contributed by atoms with Crippen molar-refractivity contribution in [1.29, 1.82) is 0 Å². The Morgan fingerprint density at radius 2 is 1.47 bits per heavy atom. The summed E-state index contributed by atoms with van der Waals surface area (Å²) < 4.78 is 84.9. The van der Waals surface area contributed by atoms with E-state index in [1.165, 1.54) is 36.4 Å². The molecule has 192 valence electrons. The maximum absolute atomic E-state index is 15.0. The molecule has 1 fully saturated rings. The zero-order chi connectivity index (χ0) is 25.8. The molecule has 2 atom stereocenters. The van der Waals surface area contributed by atoms with Crippen LogP contribution in [0.5, 0.6) is 5.75 Å². The minimum absolute atomic E-state index is 0.00135. The minimum atomic E-state index is -1.34.